The Balaban J connectivity index is 2.34. The predicted molar refractivity (Wildman–Crippen MR) is 75.8 cm³/mol. The van der Waals surface area contributed by atoms with Crippen molar-refractivity contribution in [3.8, 4) is 0 Å². The van der Waals surface area contributed by atoms with E-state index in [4.69, 9.17) is 10.2 Å². The van der Waals surface area contributed by atoms with Crippen LogP contribution in [0.3, 0.4) is 0 Å². The minimum atomic E-state index is -0.956. The summed E-state index contributed by atoms with van der Waals surface area (Å²) >= 11 is 0. The lowest BCUT2D eigenvalue weighted by atomic mass is 10.1. The van der Waals surface area contributed by atoms with Crippen molar-refractivity contribution in [2.45, 2.75) is 12.8 Å². The van der Waals surface area contributed by atoms with E-state index < -0.39 is 11.9 Å². The molecule has 20 heavy (non-hydrogen) atoms. The van der Waals surface area contributed by atoms with E-state index in [0.717, 1.165) is 30.9 Å². The molecule has 108 valence electrons. The van der Waals surface area contributed by atoms with E-state index in [9.17, 15) is 9.59 Å². The maximum Gasteiger partial charge on any atom is 0.335 e. The van der Waals surface area contributed by atoms with Crippen molar-refractivity contribution in [3.05, 3.63) is 23.8 Å². The summed E-state index contributed by atoms with van der Waals surface area (Å²) in [5.74, 6) is -1.78. The molecule has 0 amide bonds. The molecule has 0 spiro atoms. The zero-order chi connectivity index (χ0) is 14.7. The van der Waals surface area contributed by atoms with Crippen LogP contribution in [-0.4, -0.2) is 48.8 Å². The van der Waals surface area contributed by atoms with Gasteiger partial charge in [-0.25, -0.2) is 4.79 Å². The van der Waals surface area contributed by atoms with Crippen molar-refractivity contribution in [2.75, 3.05) is 36.5 Å². The lowest BCUT2D eigenvalue weighted by molar-refractivity contribution is -0.136. The summed E-state index contributed by atoms with van der Waals surface area (Å²) in [4.78, 5) is 25.8. The number of fused-ring (bicyclic) bond motifs is 1. The largest absolute Gasteiger partial charge is 0.481 e. The van der Waals surface area contributed by atoms with Gasteiger partial charge in [0.15, 0.2) is 0 Å². The van der Waals surface area contributed by atoms with Gasteiger partial charge in [-0.05, 0) is 24.6 Å². The molecule has 2 N–H and O–H groups in total. The highest BCUT2D eigenvalue weighted by atomic mass is 16.4. The highest BCUT2D eigenvalue weighted by Gasteiger charge is 2.20. The molecule has 6 heteroatoms. The van der Waals surface area contributed by atoms with Crippen LogP contribution in [0.2, 0.25) is 0 Å². The van der Waals surface area contributed by atoms with Gasteiger partial charge in [0.1, 0.15) is 0 Å². The van der Waals surface area contributed by atoms with Gasteiger partial charge in [-0.1, -0.05) is 0 Å². The normalized spacial score (nSPS) is 14.7. The molecule has 0 unspecified atom stereocenters. The van der Waals surface area contributed by atoms with Crippen LogP contribution in [-0.2, 0) is 4.79 Å². The Morgan fingerprint density at radius 3 is 2.60 bits per heavy atom. The molecule has 0 aliphatic carbocycles. The minimum absolute atomic E-state index is 0.0733. The van der Waals surface area contributed by atoms with Crippen LogP contribution in [0.25, 0.3) is 0 Å². The Hall–Kier alpha value is -2.24. The topological polar surface area (TPSA) is 81.1 Å². The number of benzene rings is 1. The molecule has 0 aromatic heterocycles. The van der Waals surface area contributed by atoms with E-state index >= 15 is 0 Å². The number of hydrogen-bond acceptors (Lipinski definition) is 4. The van der Waals surface area contributed by atoms with Gasteiger partial charge in [0.2, 0.25) is 0 Å². The molecule has 1 heterocycles. The zero-order valence-corrected chi connectivity index (χ0v) is 11.4. The summed E-state index contributed by atoms with van der Waals surface area (Å²) < 4.78 is 0. The first-order valence-corrected chi connectivity index (χ1v) is 6.54. The summed E-state index contributed by atoms with van der Waals surface area (Å²) in [6.07, 6.45) is 0.983. The van der Waals surface area contributed by atoms with E-state index in [1.165, 1.54) is 0 Å². The summed E-state index contributed by atoms with van der Waals surface area (Å²) in [6.45, 7) is 2.03. The van der Waals surface area contributed by atoms with Crippen LogP contribution in [0.4, 0.5) is 11.4 Å². The van der Waals surface area contributed by atoms with Crippen LogP contribution < -0.4 is 9.80 Å². The third-order valence-corrected chi connectivity index (χ3v) is 3.49. The van der Waals surface area contributed by atoms with E-state index in [0.29, 0.717) is 6.54 Å². The van der Waals surface area contributed by atoms with Gasteiger partial charge in [0.25, 0.3) is 0 Å². The monoisotopic (exact) mass is 278 g/mol. The maximum atomic E-state index is 11.1. The Morgan fingerprint density at radius 2 is 1.95 bits per heavy atom. The first-order valence-electron chi connectivity index (χ1n) is 6.54. The Bertz CT molecular complexity index is 530. The van der Waals surface area contributed by atoms with E-state index in [2.05, 4.69) is 0 Å². The molecule has 0 saturated carbocycles. The molecule has 0 bridgehead atoms. The highest BCUT2D eigenvalue weighted by Crippen LogP contribution is 2.32. The van der Waals surface area contributed by atoms with Gasteiger partial charge in [-0.15, -0.1) is 0 Å². The third kappa shape index (κ3) is 3.01. The number of carboxylic acids is 2. The van der Waals surface area contributed by atoms with Gasteiger partial charge in [-0.2, -0.15) is 0 Å². The van der Waals surface area contributed by atoms with Crippen molar-refractivity contribution in [3.63, 3.8) is 0 Å². The fourth-order valence-corrected chi connectivity index (χ4v) is 2.43. The van der Waals surface area contributed by atoms with Crippen molar-refractivity contribution in [2.24, 2.45) is 0 Å². The molecule has 1 aliphatic heterocycles. The summed E-state index contributed by atoms with van der Waals surface area (Å²) in [5, 5.41) is 17.9. The number of carboxylic acid groups (broad SMARTS) is 2. The van der Waals surface area contributed by atoms with Crippen molar-refractivity contribution < 1.29 is 19.8 Å². The molecule has 1 aliphatic rings. The standard InChI is InChI=1S/C14H18N2O4/c1-15-6-2-7-16(8-5-13(17)18)11-4-3-10(14(19)20)9-12(11)15/h3-4,9H,2,5-8H2,1H3,(H,17,18)(H,19,20). The second-order valence-electron chi connectivity index (χ2n) is 4.91. The quantitative estimate of drug-likeness (QED) is 0.868. The molecule has 0 fully saturated rings. The van der Waals surface area contributed by atoms with E-state index in [1.54, 1.807) is 18.2 Å². The second-order valence-corrected chi connectivity index (χ2v) is 4.91. The van der Waals surface area contributed by atoms with Crippen LogP contribution in [0.5, 0.6) is 0 Å². The molecule has 1 aromatic carbocycles. The first-order chi connectivity index (χ1) is 9.49. The molecule has 0 radical (unpaired) electrons. The lowest BCUT2D eigenvalue weighted by Crippen LogP contribution is -2.26. The molecular formula is C14H18N2O4. The Kier molecular flexibility index (Phi) is 4.12. The number of aliphatic carboxylic acids is 1. The number of aromatic carboxylic acids is 1. The van der Waals surface area contributed by atoms with Gasteiger partial charge in [-0.3, -0.25) is 4.79 Å². The Morgan fingerprint density at radius 1 is 1.20 bits per heavy atom. The molecular weight excluding hydrogens is 260 g/mol. The van der Waals surface area contributed by atoms with Crippen LogP contribution >= 0.6 is 0 Å². The number of anilines is 2. The van der Waals surface area contributed by atoms with Gasteiger partial charge in [0, 0.05) is 26.7 Å². The number of carbonyl (C=O) groups is 2. The van der Waals surface area contributed by atoms with Gasteiger partial charge >= 0.3 is 11.9 Å². The van der Waals surface area contributed by atoms with E-state index in [-0.39, 0.29) is 12.0 Å². The van der Waals surface area contributed by atoms with Crippen LogP contribution in [0.1, 0.15) is 23.2 Å². The molecule has 6 nitrogen and oxygen atoms in total. The Labute approximate surface area is 117 Å². The summed E-state index contributed by atoms with van der Waals surface area (Å²) in [7, 11) is 1.92. The van der Waals surface area contributed by atoms with Crippen LogP contribution in [0, 0.1) is 0 Å². The summed E-state index contributed by atoms with van der Waals surface area (Å²) in [6, 6.07) is 4.98. The number of nitrogens with zero attached hydrogens (tertiary/aromatic N) is 2. The van der Waals surface area contributed by atoms with Crippen molar-refractivity contribution in [1.82, 2.24) is 0 Å². The summed E-state index contributed by atoms with van der Waals surface area (Å²) in [5.41, 5.74) is 1.99. The SMILES string of the molecule is CN1CCCN(CCC(=O)O)c2ccc(C(=O)O)cc21. The maximum absolute atomic E-state index is 11.1. The van der Waals surface area contributed by atoms with Crippen molar-refractivity contribution in [1.29, 1.82) is 0 Å². The first kappa shape index (κ1) is 14.2. The predicted octanol–water partition coefficient (Wildman–Crippen LogP) is 1.51. The number of rotatable bonds is 4. The highest BCUT2D eigenvalue weighted by molar-refractivity contribution is 5.91. The van der Waals surface area contributed by atoms with E-state index in [1.807, 2.05) is 16.8 Å². The van der Waals surface area contributed by atoms with Crippen LogP contribution in [0.15, 0.2) is 18.2 Å². The van der Waals surface area contributed by atoms with Gasteiger partial charge in [0.05, 0.1) is 23.4 Å². The zero-order valence-electron chi connectivity index (χ0n) is 11.4. The molecule has 0 atom stereocenters. The average molecular weight is 278 g/mol. The second kappa shape index (κ2) is 5.81. The average Bonchev–Trinajstić information content (AvgIpc) is 2.56. The smallest absolute Gasteiger partial charge is 0.335 e. The third-order valence-electron chi connectivity index (χ3n) is 3.49. The molecule has 2 rings (SSSR count). The number of hydrogen-bond donors (Lipinski definition) is 2. The fraction of sp³-hybridized carbons (Fsp3) is 0.429. The minimum Gasteiger partial charge on any atom is -0.481 e. The fourth-order valence-electron chi connectivity index (χ4n) is 2.43. The van der Waals surface area contributed by atoms with Gasteiger partial charge < -0.3 is 20.0 Å². The lowest BCUT2D eigenvalue weighted by Gasteiger charge is -2.25. The molecule has 0 saturated heterocycles. The van der Waals surface area contributed by atoms with Crippen molar-refractivity contribution >= 4 is 23.3 Å². The molecule has 1 aromatic rings.